The number of aryl methyl sites for hydroxylation is 1. The number of aromatic nitrogens is 1. The van der Waals surface area contributed by atoms with Crippen LogP contribution in [0.4, 0.5) is 0 Å². The van der Waals surface area contributed by atoms with Gasteiger partial charge in [0.15, 0.2) is 0 Å². The first-order valence-corrected chi connectivity index (χ1v) is 6.63. The molecule has 106 valence electrons. The Morgan fingerprint density at radius 2 is 2.16 bits per heavy atom. The van der Waals surface area contributed by atoms with E-state index in [4.69, 9.17) is 9.47 Å². The van der Waals surface area contributed by atoms with Crippen molar-refractivity contribution in [2.24, 2.45) is 0 Å². The Morgan fingerprint density at radius 3 is 2.79 bits per heavy atom. The van der Waals surface area contributed by atoms with Gasteiger partial charge in [-0.3, -0.25) is 4.98 Å². The highest BCUT2D eigenvalue weighted by atomic mass is 16.5. The van der Waals surface area contributed by atoms with E-state index in [9.17, 15) is 5.11 Å². The topological polar surface area (TPSA) is 63.6 Å². The molecule has 2 heterocycles. The molecular formula is C14H22N2O3. The molecule has 0 aliphatic carbocycles. The van der Waals surface area contributed by atoms with Gasteiger partial charge in [-0.25, -0.2) is 0 Å². The van der Waals surface area contributed by atoms with Crippen molar-refractivity contribution < 1.29 is 14.6 Å². The van der Waals surface area contributed by atoms with Crippen LogP contribution in [0, 0.1) is 6.92 Å². The molecule has 0 bridgehead atoms. The fourth-order valence-electron chi connectivity index (χ4n) is 2.34. The minimum atomic E-state index is -0.239. The van der Waals surface area contributed by atoms with Crippen LogP contribution in [0.15, 0.2) is 12.1 Å². The molecule has 5 nitrogen and oxygen atoms in total. The summed E-state index contributed by atoms with van der Waals surface area (Å²) in [5, 5.41) is 13.0. The van der Waals surface area contributed by atoms with Gasteiger partial charge >= 0.3 is 0 Å². The van der Waals surface area contributed by atoms with Gasteiger partial charge in [0.1, 0.15) is 5.75 Å². The van der Waals surface area contributed by atoms with Gasteiger partial charge in [0, 0.05) is 43.1 Å². The lowest BCUT2D eigenvalue weighted by atomic mass is 9.91. The molecule has 0 aromatic carbocycles. The lowest BCUT2D eigenvalue weighted by Gasteiger charge is -2.36. The predicted molar refractivity (Wildman–Crippen MR) is 72.2 cm³/mol. The number of aliphatic hydroxyl groups excluding tert-OH is 1. The number of hydrogen-bond donors (Lipinski definition) is 2. The van der Waals surface area contributed by atoms with Crippen LogP contribution in [0.5, 0.6) is 5.75 Å². The third-order valence-corrected chi connectivity index (χ3v) is 3.61. The second-order valence-corrected chi connectivity index (χ2v) is 5.04. The lowest BCUT2D eigenvalue weighted by molar-refractivity contribution is 0.0110. The predicted octanol–water partition coefficient (Wildman–Crippen LogP) is 1.03. The molecule has 1 aromatic heterocycles. The number of aliphatic hydroxyl groups is 1. The molecule has 1 aromatic rings. The van der Waals surface area contributed by atoms with E-state index in [2.05, 4.69) is 10.3 Å². The molecule has 5 heteroatoms. The van der Waals surface area contributed by atoms with Gasteiger partial charge in [-0.1, -0.05) is 0 Å². The number of methoxy groups -OCH3 is 1. The summed E-state index contributed by atoms with van der Waals surface area (Å²) >= 11 is 0. The van der Waals surface area contributed by atoms with Crippen molar-refractivity contribution in [3.8, 4) is 5.75 Å². The Hall–Kier alpha value is -1.17. The average molecular weight is 266 g/mol. The molecule has 2 rings (SSSR count). The summed E-state index contributed by atoms with van der Waals surface area (Å²) in [6.07, 6.45) is 1.65. The van der Waals surface area contributed by atoms with E-state index in [-0.39, 0.29) is 12.1 Å². The molecule has 0 unspecified atom stereocenters. The highest BCUT2D eigenvalue weighted by molar-refractivity contribution is 5.26. The first-order chi connectivity index (χ1) is 9.17. The minimum Gasteiger partial charge on any atom is -0.497 e. The largest absolute Gasteiger partial charge is 0.497 e. The lowest BCUT2D eigenvalue weighted by Crippen LogP contribution is -2.51. The summed E-state index contributed by atoms with van der Waals surface area (Å²) in [6.45, 7) is 4.08. The molecule has 2 N–H and O–H groups in total. The average Bonchev–Trinajstić information content (AvgIpc) is 2.45. The summed E-state index contributed by atoms with van der Waals surface area (Å²) in [7, 11) is 1.65. The second kappa shape index (κ2) is 6.32. The van der Waals surface area contributed by atoms with E-state index in [0.717, 1.165) is 30.0 Å². The van der Waals surface area contributed by atoms with Gasteiger partial charge in [0.25, 0.3) is 0 Å². The Bertz CT molecular complexity index is 417. The van der Waals surface area contributed by atoms with E-state index in [1.54, 1.807) is 7.11 Å². The van der Waals surface area contributed by atoms with Crippen LogP contribution in [-0.4, -0.2) is 42.6 Å². The first kappa shape index (κ1) is 14.2. The van der Waals surface area contributed by atoms with E-state index in [1.165, 1.54) is 0 Å². The highest BCUT2D eigenvalue weighted by Crippen LogP contribution is 2.21. The Balaban J connectivity index is 2.02. The van der Waals surface area contributed by atoms with Crippen molar-refractivity contribution in [3.05, 3.63) is 23.5 Å². The van der Waals surface area contributed by atoms with Gasteiger partial charge in [-0.2, -0.15) is 0 Å². The van der Waals surface area contributed by atoms with E-state index >= 15 is 0 Å². The van der Waals surface area contributed by atoms with Gasteiger partial charge in [-0.05, 0) is 19.8 Å². The molecule has 19 heavy (non-hydrogen) atoms. The van der Waals surface area contributed by atoms with Gasteiger partial charge < -0.3 is 19.9 Å². The molecule has 0 spiro atoms. The van der Waals surface area contributed by atoms with Crippen LogP contribution in [-0.2, 0) is 11.3 Å². The fourth-order valence-corrected chi connectivity index (χ4v) is 2.34. The Labute approximate surface area is 114 Å². The van der Waals surface area contributed by atoms with E-state index in [1.807, 2.05) is 19.1 Å². The fraction of sp³-hybridized carbons (Fsp3) is 0.643. The number of rotatable bonds is 5. The minimum absolute atomic E-state index is 0.124. The summed E-state index contributed by atoms with van der Waals surface area (Å²) in [5.41, 5.74) is 1.62. The molecule has 0 saturated carbocycles. The van der Waals surface area contributed by atoms with Crippen LogP contribution < -0.4 is 10.1 Å². The second-order valence-electron chi connectivity index (χ2n) is 5.04. The molecule has 1 aliphatic rings. The normalized spacial score (nSPS) is 18.3. The monoisotopic (exact) mass is 266 g/mol. The molecule has 1 fully saturated rings. The van der Waals surface area contributed by atoms with Crippen LogP contribution in [0.25, 0.3) is 0 Å². The summed E-state index contributed by atoms with van der Waals surface area (Å²) in [4.78, 5) is 4.48. The first-order valence-electron chi connectivity index (χ1n) is 6.63. The molecule has 1 saturated heterocycles. The summed E-state index contributed by atoms with van der Waals surface area (Å²) in [6, 6.07) is 3.82. The van der Waals surface area contributed by atoms with Crippen LogP contribution in [0.2, 0.25) is 0 Å². The van der Waals surface area contributed by atoms with Gasteiger partial charge in [-0.15, -0.1) is 0 Å². The third kappa shape index (κ3) is 3.65. The van der Waals surface area contributed by atoms with Crippen molar-refractivity contribution in [2.45, 2.75) is 31.8 Å². The van der Waals surface area contributed by atoms with Crippen molar-refractivity contribution in [2.75, 3.05) is 26.9 Å². The summed E-state index contributed by atoms with van der Waals surface area (Å²) < 4.78 is 10.6. The van der Waals surface area contributed by atoms with Crippen LogP contribution in [0.1, 0.15) is 24.2 Å². The van der Waals surface area contributed by atoms with Crippen molar-refractivity contribution >= 4 is 0 Å². The maximum atomic E-state index is 9.61. The number of nitrogens with zero attached hydrogens (tertiary/aromatic N) is 1. The Kier molecular flexibility index (Phi) is 4.74. The zero-order valence-electron chi connectivity index (χ0n) is 11.6. The molecule has 1 aliphatic heterocycles. The zero-order chi connectivity index (χ0) is 13.7. The molecular weight excluding hydrogens is 244 g/mol. The smallest absolute Gasteiger partial charge is 0.122 e. The number of nitrogens with one attached hydrogen (secondary N) is 1. The number of ether oxygens (including phenoxy) is 2. The number of pyridine rings is 1. The standard InChI is InChI=1S/C14H22N2O3/c1-11-7-13(18-2)8-12(16-11)9-15-14(10-17)3-5-19-6-4-14/h7-8,15,17H,3-6,9-10H2,1-2H3. The highest BCUT2D eigenvalue weighted by Gasteiger charge is 2.31. The summed E-state index contributed by atoms with van der Waals surface area (Å²) in [5.74, 6) is 0.814. The van der Waals surface area contributed by atoms with Crippen molar-refractivity contribution in [1.82, 2.24) is 10.3 Å². The van der Waals surface area contributed by atoms with Crippen molar-refractivity contribution in [1.29, 1.82) is 0 Å². The SMILES string of the molecule is COc1cc(C)nc(CNC2(CO)CCOCC2)c1. The maximum Gasteiger partial charge on any atom is 0.122 e. The van der Waals surface area contributed by atoms with E-state index < -0.39 is 0 Å². The quantitative estimate of drug-likeness (QED) is 0.833. The maximum absolute atomic E-state index is 9.61. The van der Waals surface area contributed by atoms with E-state index in [0.29, 0.717) is 19.8 Å². The molecule has 0 radical (unpaired) electrons. The zero-order valence-corrected chi connectivity index (χ0v) is 11.6. The molecule has 0 atom stereocenters. The Morgan fingerprint density at radius 1 is 1.42 bits per heavy atom. The van der Waals surface area contributed by atoms with Crippen molar-refractivity contribution in [3.63, 3.8) is 0 Å². The van der Waals surface area contributed by atoms with Crippen LogP contribution >= 0.6 is 0 Å². The third-order valence-electron chi connectivity index (χ3n) is 3.61. The molecule has 0 amide bonds. The van der Waals surface area contributed by atoms with Gasteiger partial charge in [0.05, 0.1) is 19.4 Å². The van der Waals surface area contributed by atoms with Gasteiger partial charge in [0.2, 0.25) is 0 Å². The van der Waals surface area contributed by atoms with Crippen LogP contribution in [0.3, 0.4) is 0 Å². The number of hydrogen-bond acceptors (Lipinski definition) is 5.